The molecule has 0 aliphatic rings. The summed E-state index contributed by atoms with van der Waals surface area (Å²) in [6.07, 6.45) is 0.306. The van der Waals surface area contributed by atoms with Gasteiger partial charge >= 0.3 is 0 Å². The first kappa shape index (κ1) is 29.6. The van der Waals surface area contributed by atoms with Gasteiger partial charge in [-0.2, -0.15) is 0 Å². The van der Waals surface area contributed by atoms with E-state index in [0.29, 0.717) is 17.7 Å². The third kappa shape index (κ3) is 7.53. The van der Waals surface area contributed by atoms with Crippen molar-refractivity contribution in [3.8, 4) is 0 Å². The molecule has 0 fully saturated rings. The number of hydrogen-bond donors (Lipinski definition) is 1. The third-order valence-corrected chi connectivity index (χ3v) is 8.31. The summed E-state index contributed by atoms with van der Waals surface area (Å²) in [5.74, 6) is -1.32. The molecule has 2 amide bonds. The SMILES string of the molecule is CC[C@@H](C(=O)NC(C)C)N(Cc1ccc(F)cc1)C(=O)CN(c1ccc(I)cc1)S(=O)(=O)c1ccccc1. The summed E-state index contributed by atoms with van der Waals surface area (Å²) in [5, 5.41) is 2.85. The molecule has 3 aromatic carbocycles. The normalized spacial score (nSPS) is 12.2. The molecule has 0 spiro atoms. The molecule has 0 saturated heterocycles. The maximum absolute atomic E-state index is 13.9. The first-order chi connectivity index (χ1) is 18.0. The minimum absolute atomic E-state index is 0.00898. The Labute approximate surface area is 237 Å². The molecule has 202 valence electrons. The van der Waals surface area contributed by atoms with Crippen LogP contribution in [0.25, 0.3) is 0 Å². The predicted molar refractivity (Wildman–Crippen MR) is 154 cm³/mol. The molecular formula is C28H31FIN3O4S. The van der Waals surface area contributed by atoms with Gasteiger partial charge in [0.1, 0.15) is 18.4 Å². The van der Waals surface area contributed by atoms with Crippen molar-refractivity contribution in [3.05, 3.63) is 93.8 Å². The van der Waals surface area contributed by atoms with Crippen molar-refractivity contribution in [2.45, 2.75) is 50.7 Å². The first-order valence-electron chi connectivity index (χ1n) is 12.2. The van der Waals surface area contributed by atoms with E-state index in [1.807, 2.05) is 13.8 Å². The van der Waals surface area contributed by atoms with Crippen LogP contribution in [0.3, 0.4) is 0 Å². The molecule has 0 bridgehead atoms. The molecule has 0 saturated carbocycles. The number of nitrogens with zero attached hydrogens (tertiary/aromatic N) is 2. The Balaban J connectivity index is 2.04. The number of amides is 2. The van der Waals surface area contributed by atoms with Gasteiger partial charge in [-0.15, -0.1) is 0 Å². The Morgan fingerprint density at radius 3 is 2.11 bits per heavy atom. The van der Waals surface area contributed by atoms with Crippen LogP contribution in [-0.2, 0) is 26.2 Å². The molecule has 3 aromatic rings. The molecule has 10 heteroatoms. The maximum Gasteiger partial charge on any atom is 0.264 e. The molecule has 0 aliphatic heterocycles. The van der Waals surface area contributed by atoms with E-state index in [4.69, 9.17) is 0 Å². The third-order valence-electron chi connectivity index (χ3n) is 5.81. The van der Waals surface area contributed by atoms with Crippen LogP contribution in [0.4, 0.5) is 10.1 Å². The summed E-state index contributed by atoms with van der Waals surface area (Å²) in [5.41, 5.74) is 0.936. The van der Waals surface area contributed by atoms with Crippen molar-refractivity contribution in [2.75, 3.05) is 10.8 Å². The summed E-state index contributed by atoms with van der Waals surface area (Å²) in [6.45, 7) is 4.91. The summed E-state index contributed by atoms with van der Waals surface area (Å²) >= 11 is 2.12. The van der Waals surface area contributed by atoms with Crippen LogP contribution in [0.2, 0.25) is 0 Å². The number of carbonyl (C=O) groups excluding carboxylic acids is 2. The van der Waals surface area contributed by atoms with Crippen molar-refractivity contribution in [2.24, 2.45) is 0 Å². The van der Waals surface area contributed by atoms with Gasteiger partial charge in [0.05, 0.1) is 10.6 Å². The van der Waals surface area contributed by atoms with Crippen molar-refractivity contribution in [1.29, 1.82) is 0 Å². The number of hydrogen-bond acceptors (Lipinski definition) is 4. The van der Waals surface area contributed by atoms with E-state index >= 15 is 0 Å². The van der Waals surface area contributed by atoms with E-state index in [9.17, 15) is 22.4 Å². The molecule has 0 aromatic heterocycles. The Morgan fingerprint density at radius 1 is 0.947 bits per heavy atom. The Hall–Kier alpha value is -2.99. The van der Waals surface area contributed by atoms with Crippen molar-refractivity contribution in [1.82, 2.24) is 10.2 Å². The van der Waals surface area contributed by atoms with E-state index in [0.717, 1.165) is 7.88 Å². The topological polar surface area (TPSA) is 86.8 Å². The maximum atomic E-state index is 13.9. The molecule has 7 nitrogen and oxygen atoms in total. The smallest absolute Gasteiger partial charge is 0.264 e. The highest BCUT2D eigenvalue weighted by molar-refractivity contribution is 14.1. The van der Waals surface area contributed by atoms with Crippen molar-refractivity contribution < 1.29 is 22.4 Å². The fourth-order valence-corrected chi connectivity index (χ4v) is 5.74. The highest BCUT2D eigenvalue weighted by Gasteiger charge is 2.33. The van der Waals surface area contributed by atoms with E-state index < -0.39 is 34.3 Å². The zero-order valence-corrected chi connectivity index (χ0v) is 24.4. The molecule has 1 N–H and O–H groups in total. The van der Waals surface area contributed by atoms with E-state index in [1.54, 1.807) is 61.5 Å². The fourth-order valence-electron chi connectivity index (χ4n) is 3.94. The lowest BCUT2D eigenvalue weighted by Crippen LogP contribution is -2.53. The lowest BCUT2D eigenvalue weighted by atomic mass is 10.1. The second-order valence-corrected chi connectivity index (χ2v) is 12.1. The van der Waals surface area contributed by atoms with Crippen LogP contribution in [0.5, 0.6) is 0 Å². The minimum atomic E-state index is -4.11. The highest BCUT2D eigenvalue weighted by Crippen LogP contribution is 2.25. The average Bonchev–Trinajstić information content (AvgIpc) is 2.89. The van der Waals surface area contributed by atoms with Crippen LogP contribution in [0.1, 0.15) is 32.8 Å². The van der Waals surface area contributed by atoms with Crippen LogP contribution < -0.4 is 9.62 Å². The Bertz CT molecular complexity index is 1330. The quantitative estimate of drug-likeness (QED) is 0.297. The Kier molecular flexibility index (Phi) is 10.3. The molecule has 0 aliphatic carbocycles. The van der Waals surface area contributed by atoms with Gasteiger partial charge in [0.25, 0.3) is 10.0 Å². The zero-order chi connectivity index (χ0) is 27.9. The monoisotopic (exact) mass is 651 g/mol. The lowest BCUT2D eigenvalue weighted by Gasteiger charge is -2.33. The predicted octanol–water partition coefficient (Wildman–Crippen LogP) is 4.96. The van der Waals surface area contributed by atoms with Gasteiger partial charge < -0.3 is 10.2 Å². The van der Waals surface area contributed by atoms with Crippen LogP contribution in [-0.4, -0.2) is 43.8 Å². The first-order valence-corrected chi connectivity index (χ1v) is 14.7. The number of carbonyl (C=O) groups is 2. The van der Waals surface area contributed by atoms with Gasteiger partial charge in [0.15, 0.2) is 0 Å². The lowest BCUT2D eigenvalue weighted by molar-refractivity contribution is -0.140. The van der Waals surface area contributed by atoms with Crippen molar-refractivity contribution >= 4 is 50.1 Å². The Morgan fingerprint density at radius 2 is 1.55 bits per heavy atom. The number of anilines is 1. The molecule has 0 radical (unpaired) electrons. The van der Waals surface area contributed by atoms with Crippen LogP contribution >= 0.6 is 22.6 Å². The second kappa shape index (κ2) is 13.2. The fraction of sp³-hybridized carbons (Fsp3) is 0.286. The number of nitrogens with one attached hydrogen (secondary N) is 1. The second-order valence-electron chi connectivity index (χ2n) is 9.04. The van der Waals surface area contributed by atoms with Gasteiger partial charge in [-0.1, -0.05) is 37.3 Å². The van der Waals surface area contributed by atoms with Gasteiger partial charge in [-0.3, -0.25) is 13.9 Å². The van der Waals surface area contributed by atoms with E-state index in [1.165, 1.54) is 29.2 Å². The molecule has 0 unspecified atom stereocenters. The summed E-state index contributed by atoms with van der Waals surface area (Å²) < 4.78 is 43.0. The zero-order valence-electron chi connectivity index (χ0n) is 21.5. The number of benzene rings is 3. The van der Waals surface area contributed by atoms with Gasteiger partial charge in [-0.25, -0.2) is 12.8 Å². The molecule has 0 heterocycles. The van der Waals surface area contributed by atoms with Gasteiger partial charge in [0.2, 0.25) is 11.8 Å². The van der Waals surface area contributed by atoms with Gasteiger partial charge in [-0.05, 0) is 97.0 Å². The molecular weight excluding hydrogens is 620 g/mol. The average molecular weight is 652 g/mol. The van der Waals surface area contributed by atoms with Crippen molar-refractivity contribution in [3.63, 3.8) is 0 Å². The number of rotatable bonds is 11. The highest BCUT2D eigenvalue weighted by atomic mass is 127. The summed E-state index contributed by atoms with van der Waals surface area (Å²) in [4.78, 5) is 28.4. The minimum Gasteiger partial charge on any atom is -0.352 e. The molecule has 3 rings (SSSR count). The largest absolute Gasteiger partial charge is 0.352 e. The van der Waals surface area contributed by atoms with E-state index in [2.05, 4.69) is 27.9 Å². The van der Waals surface area contributed by atoms with E-state index in [-0.39, 0.29) is 23.4 Å². The standard InChI is InChI=1S/C28H31FIN3O4S/c1-4-26(28(35)31-20(2)3)32(18-21-10-12-22(29)13-11-21)27(34)19-33(24-16-14-23(30)15-17-24)38(36,37)25-8-6-5-7-9-25/h5-17,20,26H,4,18-19H2,1-3H3,(H,31,35)/t26-/m0/s1. The number of sulfonamides is 1. The van der Waals surface area contributed by atoms with Gasteiger partial charge in [0, 0.05) is 16.2 Å². The summed E-state index contributed by atoms with van der Waals surface area (Å²) in [7, 11) is -4.11. The summed E-state index contributed by atoms with van der Waals surface area (Å²) in [6, 6.07) is 19.3. The molecule has 1 atom stereocenters. The van der Waals surface area contributed by atoms with Crippen LogP contribution in [0, 0.1) is 9.39 Å². The van der Waals surface area contributed by atoms with Crippen LogP contribution in [0.15, 0.2) is 83.8 Å². The number of halogens is 2. The molecule has 38 heavy (non-hydrogen) atoms.